The summed E-state index contributed by atoms with van der Waals surface area (Å²) in [6.07, 6.45) is 1.59. The van der Waals surface area contributed by atoms with Crippen LogP contribution in [0.25, 0.3) is 6.08 Å². The van der Waals surface area contributed by atoms with Crippen molar-refractivity contribution < 1.29 is 23.1 Å². The molecule has 6 nitrogen and oxygen atoms in total. The number of aromatic nitrogens is 2. The fraction of sp³-hybridized carbons (Fsp3) is 0.444. The van der Waals surface area contributed by atoms with Crippen LogP contribution in [-0.4, -0.2) is 33.8 Å². The van der Waals surface area contributed by atoms with Crippen molar-refractivity contribution in [2.24, 2.45) is 11.8 Å². The third-order valence-corrected chi connectivity index (χ3v) is 4.46. The Kier molecular flexibility index (Phi) is 6.55. The Bertz CT molecular complexity index is 776. The third kappa shape index (κ3) is 5.81. The number of hydrogen-bond acceptors (Lipinski definition) is 5. The van der Waals surface area contributed by atoms with E-state index < -0.39 is 18.1 Å². The van der Waals surface area contributed by atoms with Gasteiger partial charge in [-0.15, -0.1) is 0 Å². The van der Waals surface area contributed by atoms with Crippen LogP contribution in [0.2, 0.25) is 0 Å². The summed E-state index contributed by atoms with van der Waals surface area (Å²) in [5.41, 5.74) is 0.480. The van der Waals surface area contributed by atoms with Crippen molar-refractivity contribution in [1.29, 1.82) is 5.26 Å². The Labute approximate surface area is 154 Å². The van der Waals surface area contributed by atoms with E-state index in [0.29, 0.717) is 18.5 Å². The number of hydrogen-bond donors (Lipinski definition) is 2. The van der Waals surface area contributed by atoms with Gasteiger partial charge in [-0.3, -0.25) is 0 Å². The van der Waals surface area contributed by atoms with Gasteiger partial charge < -0.3 is 10.4 Å². The highest BCUT2D eigenvalue weighted by atomic mass is 19.4. The Hall–Kier alpha value is -2.89. The smallest absolute Gasteiger partial charge is 0.391 e. The van der Waals surface area contributed by atoms with Crippen molar-refractivity contribution in [3.63, 3.8) is 0 Å². The SMILES string of the molecule is C=C(CNc1ncc(C#N)c(/C=C/[C@H]2CC[C@H](C(F)(F)F)CC2)n1)C(=O)O. The van der Waals surface area contributed by atoms with Crippen molar-refractivity contribution in [3.05, 3.63) is 35.7 Å². The van der Waals surface area contributed by atoms with E-state index in [-0.39, 0.29) is 42.4 Å². The van der Waals surface area contributed by atoms with Crippen LogP contribution in [0.4, 0.5) is 19.1 Å². The summed E-state index contributed by atoms with van der Waals surface area (Å²) >= 11 is 0. The van der Waals surface area contributed by atoms with Crippen molar-refractivity contribution in [2.75, 3.05) is 11.9 Å². The van der Waals surface area contributed by atoms with E-state index in [1.54, 1.807) is 12.2 Å². The molecule has 0 bridgehead atoms. The summed E-state index contributed by atoms with van der Waals surface area (Å²) in [5, 5.41) is 20.7. The summed E-state index contributed by atoms with van der Waals surface area (Å²) in [6, 6.07) is 1.96. The third-order valence-electron chi connectivity index (χ3n) is 4.46. The number of anilines is 1. The number of allylic oxidation sites excluding steroid dienone is 1. The minimum absolute atomic E-state index is 0.00620. The second-order valence-corrected chi connectivity index (χ2v) is 6.38. The van der Waals surface area contributed by atoms with Crippen LogP contribution < -0.4 is 5.32 Å². The van der Waals surface area contributed by atoms with Gasteiger partial charge in [0.15, 0.2) is 0 Å². The molecular formula is C18H19F3N4O2. The zero-order valence-corrected chi connectivity index (χ0v) is 14.5. The van der Waals surface area contributed by atoms with Gasteiger partial charge in [-0.05, 0) is 37.7 Å². The van der Waals surface area contributed by atoms with Crippen LogP contribution in [0.1, 0.15) is 36.9 Å². The number of halogens is 3. The van der Waals surface area contributed by atoms with Crippen molar-refractivity contribution in [3.8, 4) is 6.07 Å². The Balaban J connectivity index is 2.03. The van der Waals surface area contributed by atoms with E-state index in [2.05, 4.69) is 21.9 Å². The van der Waals surface area contributed by atoms with E-state index in [1.807, 2.05) is 6.07 Å². The number of aliphatic carboxylic acids is 1. The number of nitrogens with one attached hydrogen (secondary N) is 1. The lowest BCUT2D eigenvalue weighted by atomic mass is 9.81. The van der Waals surface area contributed by atoms with Gasteiger partial charge in [0.2, 0.25) is 5.95 Å². The molecule has 0 unspecified atom stereocenters. The van der Waals surface area contributed by atoms with Gasteiger partial charge in [0.25, 0.3) is 0 Å². The molecule has 1 saturated carbocycles. The molecule has 2 rings (SSSR count). The monoisotopic (exact) mass is 380 g/mol. The second-order valence-electron chi connectivity index (χ2n) is 6.38. The summed E-state index contributed by atoms with van der Waals surface area (Å²) in [5.74, 6) is -2.26. The maximum absolute atomic E-state index is 12.7. The molecule has 2 N–H and O–H groups in total. The fourth-order valence-electron chi connectivity index (χ4n) is 2.82. The largest absolute Gasteiger partial charge is 0.478 e. The van der Waals surface area contributed by atoms with E-state index in [0.717, 1.165) is 0 Å². The number of carboxylic acids is 1. The summed E-state index contributed by atoms with van der Waals surface area (Å²) in [4.78, 5) is 18.8. The quantitative estimate of drug-likeness (QED) is 0.729. The highest BCUT2D eigenvalue weighted by Crippen LogP contribution is 2.39. The van der Waals surface area contributed by atoms with Gasteiger partial charge >= 0.3 is 12.1 Å². The minimum Gasteiger partial charge on any atom is -0.478 e. The summed E-state index contributed by atoms with van der Waals surface area (Å²) < 4.78 is 38.2. The minimum atomic E-state index is -4.14. The molecule has 0 amide bonds. The van der Waals surface area contributed by atoms with E-state index in [4.69, 9.17) is 10.4 Å². The molecule has 1 aromatic heterocycles. The van der Waals surface area contributed by atoms with E-state index in [9.17, 15) is 18.0 Å². The summed E-state index contributed by atoms with van der Waals surface area (Å²) in [6.45, 7) is 3.32. The molecule has 1 aromatic rings. The van der Waals surface area contributed by atoms with Crippen LogP contribution >= 0.6 is 0 Å². The number of nitrogens with zero attached hydrogens (tertiary/aromatic N) is 3. The zero-order valence-electron chi connectivity index (χ0n) is 14.5. The molecular weight excluding hydrogens is 361 g/mol. The molecule has 0 spiro atoms. The van der Waals surface area contributed by atoms with Crippen molar-refractivity contribution in [2.45, 2.75) is 31.9 Å². The predicted octanol–water partition coefficient (Wildman–Crippen LogP) is 3.78. The van der Waals surface area contributed by atoms with Crippen LogP contribution in [-0.2, 0) is 4.79 Å². The Morgan fingerprint density at radius 2 is 2.07 bits per heavy atom. The average Bonchev–Trinajstić information content (AvgIpc) is 2.63. The van der Waals surface area contributed by atoms with Crippen LogP contribution in [0.15, 0.2) is 24.4 Å². The van der Waals surface area contributed by atoms with Gasteiger partial charge in [0, 0.05) is 12.1 Å². The molecule has 1 aliphatic carbocycles. The van der Waals surface area contributed by atoms with Gasteiger partial charge in [-0.25, -0.2) is 14.8 Å². The molecule has 1 heterocycles. The van der Waals surface area contributed by atoms with Crippen LogP contribution in [0, 0.1) is 23.2 Å². The highest BCUT2D eigenvalue weighted by molar-refractivity contribution is 5.86. The van der Waals surface area contributed by atoms with Crippen LogP contribution in [0.3, 0.4) is 0 Å². The first kappa shape index (κ1) is 20.4. The first-order valence-electron chi connectivity index (χ1n) is 8.37. The van der Waals surface area contributed by atoms with Gasteiger partial charge in [-0.1, -0.05) is 12.7 Å². The predicted molar refractivity (Wildman–Crippen MR) is 92.5 cm³/mol. The molecule has 1 fully saturated rings. The fourth-order valence-corrected chi connectivity index (χ4v) is 2.82. The lowest BCUT2D eigenvalue weighted by Gasteiger charge is -2.28. The molecule has 0 radical (unpaired) electrons. The van der Waals surface area contributed by atoms with Gasteiger partial charge in [0.1, 0.15) is 6.07 Å². The van der Waals surface area contributed by atoms with Crippen molar-refractivity contribution >= 4 is 18.0 Å². The average molecular weight is 380 g/mol. The highest BCUT2D eigenvalue weighted by Gasteiger charge is 2.40. The number of rotatable bonds is 6. The molecule has 144 valence electrons. The summed E-state index contributed by atoms with van der Waals surface area (Å²) in [7, 11) is 0. The lowest BCUT2D eigenvalue weighted by molar-refractivity contribution is -0.183. The normalized spacial score (nSPS) is 20.2. The molecule has 0 saturated heterocycles. The van der Waals surface area contributed by atoms with Gasteiger partial charge in [-0.2, -0.15) is 18.4 Å². The Morgan fingerprint density at radius 3 is 2.63 bits per heavy atom. The Morgan fingerprint density at radius 1 is 1.41 bits per heavy atom. The standard InChI is InChI=1S/C18H19F3N4O2/c1-11(16(26)27)9-23-17-24-10-13(8-22)15(25-17)7-4-12-2-5-14(6-3-12)18(19,20)21/h4,7,10,12,14H,1-3,5-6,9H2,(H,26,27)(H,23,24,25)/b7-4+/t12-,14-. The molecule has 1 aliphatic rings. The van der Waals surface area contributed by atoms with Crippen LogP contribution in [0.5, 0.6) is 0 Å². The number of carbonyl (C=O) groups is 1. The van der Waals surface area contributed by atoms with Gasteiger partial charge in [0.05, 0.1) is 23.4 Å². The maximum Gasteiger partial charge on any atom is 0.391 e. The molecule has 0 aromatic carbocycles. The number of carboxylic acid groups (broad SMARTS) is 1. The molecule has 27 heavy (non-hydrogen) atoms. The second kappa shape index (κ2) is 8.66. The molecule has 0 aliphatic heterocycles. The molecule has 9 heteroatoms. The first-order chi connectivity index (χ1) is 12.7. The topological polar surface area (TPSA) is 98.9 Å². The zero-order chi connectivity index (χ0) is 20.0. The lowest BCUT2D eigenvalue weighted by Crippen LogP contribution is -2.27. The van der Waals surface area contributed by atoms with E-state index in [1.165, 1.54) is 6.20 Å². The molecule has 0 atom stereocenters. The maximum atomic E-state index is 12.7. The first-order valence-corrected chi connectivity index (χ1v) is 8.37. The van der Waals surface area contributed by atoms with Crippen molar-refractivity contribution in [1.82, 2.24) is 9.97 Å². The number of alkyl halides is 3. The number of nitriles is 1. The van der Waals surface area contributed by atoms with E-state index >= 15 is 0 Å².